The Labute approximate surface area is 85.8 Å². The number of amides is 1. The van der Waals surface area contributed by atoms with E-state index < -0.39 is 0 Å². The lowest BCUT2D eigenvalue weighted by atomic mass is 10.3. The number of nitrogens with two attached hydrogens (primary N) is 1. The third-order valence-corrected chi connectivity index (χ3v) is 2.58. The highest BCUT2D eigenvalue weighted by Gasteiger charge is 2.09. The van der Waals surface area contributed by atoms with E-state index in [4.69, 9.17) is 5.73 Å². The van der Waals surface area contributed by atoms with Crippen LogP contribution in [-0.2, 0) is 4.79 Å². The Morgan fingerprint density at radius 1 is 1.29 bits per heavy atom. The minimum atomic E-state index is -0.202. The highest BCUT2D eigenvalue weighted by atomic mass is 16.1. The number of hydrogen-bond acceptors (Lipinski definition) is 3. The minimum absolute atomic E-state index is 0.202. The molecule has 0 aliphatic carbocycles. The molecule has 0 aromatic rings. The zero-order chi connectivity index (χ0) is 10.2. The molecule has 1 saturated heterocycles. The summed E-state index contributed by atoms with van der Waals surface area (Å²) in [5.74, 6) is -0.202. The normalized spacial score (nSPS) is 17.4. The van der Waals surface area contributed by atoms with Gasteiger partial charge in [0.2, 0.25) is 5.91 Å². The van der Waals surface area contributed by atoms with Crippen molar-refractivity contribution in [1.29, 1.82) is 0 Å². The fourth-order valence-corrected chi connectivity index (χ4v) is 1.76. The molecule has 1 heterocycles. The molecular weight excluding hydrogens is 178 g/mol. The molecule has 1 rings (SSSR count). The van der Waals surface area contributed by atoms with E-state index in [1.54, 1.807) is 0 Å². The number of hydrogen-bond donors (Lipinski definition) is 2. The van der Waals surface area contributed by atoms with Gasteiger partial charge in [-0.25, -0.2) is 0 Å². The largest absolute Gasteiger partial charge is 0.370 e. The third-order valence-electron chi connectivity index (χ3n) is 2.58. The standard InChI is InChI=1S/C10H21N3O/c11-10(14)4-3-5-12-6-9-13-7-1-2-8-13/h12H,1-9H2,(H2,11,14). The molecule has 3 N–H and O–H groups in total. The molecule has 0 saturated carbocycles. The number of primary amides is 1. The number of carbonyl (C=O) groups is 1. The second-order valence-electron chi connectivity index (χ2n) is 3.87. The van der Waals surface area contributed by atoms with Gasteiger partial charge in [-0.15, -0.1) is 0 Å². The molecule has 0 spiro atoms. The van der Waals surface area contributed by atoms with Crippen molar-refractivity contribution in [3.05, 3.63) is 0 Å². The summed E-state index contributed by atoms with van der Waals surface area (Å²) in [5, 5.41) is 3.32. The SMILES string of the molecule is NC(=O)CCCNCCN1CCCC1. The Hall–Kier alpha value is -0.610. The van der Waals surface area contributed by atoms with Gasteiger partial charge in [-0.3, -0.25) is 4.79 Å². The number of rotatable bonds is 7. The molecule has 0 aromatic heterocycles. The van der Waals surface area contributed by atoms with Crippen molar-refractivity contribution < 1.29 is 4.79 Å². The number of likely N-dealkylation sites (tertiary alicyclic amines) is 1. The van der Waals surface area contributed by atoms with Crippen LogP contribution in [0.2, 0.25) is 0 Å². The Morgan fingerprint density at radius 3 is 2.64 bits per heavy atom. The molecule has 1 aliphatic heterocycles. The summed E-state index contributed by atoms with van der Waals surface area (Å²) in [6.07, 6.45) is 4.05. The van der Waals surface area contributed by atoms with E-state index in [9.17, 15) is 4.79 Å². The van der Waals surface area contributed by atoms with Gasteiger partial charge in [-0.2, -0.15) is 0 Å². The molecule has 0 aromatic carbocycles. The topological polar surface area (TPSA) is 58.4 Å². The summed E-state index contributed by atoms with van der Waals surface area (Å²) in [7, 11) is 0. The van der Waals surface area contributed by atoms with E-state index in [-0.39, 0.29) is 5.91 Å². The lowest BCUT2D eigenvalue weighted by Gasteiger charge is -2.14. The monoisotopic (exact) mass is 199 g/mol. The summed E-state index contributed by atoms with van der Waals surface area (Å²) >= 11 is 0. The number of carbonyl (C=O) groups excluding carboxylic acids is 1. The van der Waals surface area contributed by atoms with Gasteiger partial charge in [0.05, 0.1) is 0 Å². The fourth-order valence-electron chi connectivity index (χ4n) is 1.76. The third kappa shape index (κ3) is 5.19. The zero-order valence-electron chi connectivity index (χ0n) is 8.80. The molecule has 0 unspecified atom stereocenters. The molecule has 82 valence electrons. The van der Waals surface area contributed by atoms with Crippen LogP contribution in [0, 0.1) is 0 Å². The van der Waals surface area contributed by atoms with Crippen LogP contribution in [0.4, 0.5) is 0 Å². The fraction of sp³-hybridized carbons (Fsp3) is 0.900. The molecule has 1 fully saturated rings. The van der Waals surface area contributed by atoms with Crippen molar-refractivity contribution in [3.63, 3.8) is 0 Å². The first kappa shape index (κ1) is 11.5. The number of nitrogens with zero attached hydrogens (tertiary/aromatic N) is 1. The van der Waals surface area contributed by atoms with Crippen molar-refractivity contribution in [2.24, 2.45) is 5.73 Å². The van der Waals surface area contributed by atoms with Gasteiger partial charge in [0.15, 0.2) is 0 Å². The van der Waals surface area contributed by atoms with Crippen LogP contribution < -0.4 is 11.1 Å². The summed E-state index contributed by atoms with van der Waals surface area (Å²) < 4.78 is 0. The van der Waals surface area contributed by atoms with Gasteiger partial charge in [0.25, 0.3) is 0 Å². The van der Waals surface area contributed by atoms with Crippen LogP contribution in [0.5, 0.6) is 0 Å². The first-order valence-electron chi connectivity index (χ1n) is 5.50. The van der Waals surface area contributed by atoms with Crippen LogP contribution in [0.15, 0.2) is 0 Å². The van der Waals surface area contributed by atoms with E-state index in [0.717, 1.165) is 26.1 Å². The van der Waals surface area contributed by atoms with E-state index in [2.05, 4.69) is 10.2 Å². The van der Waals surface area contributed by atoms with Crippen LogP contribution in [0.3, 0.4) is 0 Å². The van der Waals surface area contributed by atoms with Crippen LogP contribution in [0.25, 0.3) is 0 Å². The molecule has 4 heteroatoms. The van der Waals surface area contributed by atoms with Crippen molar-refractivity contribution in [2.75, 3.05) is 32.7 Å². The smallest absolute Gasteiger partial charge is 0.217 e. The van der Waals surface area contributed by atoms with Gasteiger partial charge < -0.3 is 16.0 Å². The summed E-state index contributed by atoms with van der Waals surface area (Å²) in [6, 6.07) is 0. The van der Waals surface area contributed by atoms with Crippen LogP contribution in [-0.4, -0.2) is 43.5 Å². The Morgan fingerprint density at radius 2 is 2.00 bits per heavy atom. The Bertz CT molecular complexity index is 167. The van der Waals surface area contributed by atoms with Crippen molar-refractivity contribution in [1.82, 2.24) is 10.2 Å². The maximum atomic E-state index is 10.4. The van der Waals surface area contributed by atoms with Gasteiger partial charge in [0.1, 0.15) is 0 Å². The molecule has 0 radical (unpaired) electrons. The summed E-state index contributed by atoms with van der Waals surface area (Å²) in [5.41, 5.74) is 5.03. The van der Waals surface area contributed by atoms with Crippen molar-refractivity contribution in [3.8, 4) is 0 Å². The molecule has 4 nitrogen and oxygen atoms in total. The molecule has 1 aliphatic rings. The van der Waals surface area contributed by atoms with Crippen LogP contribution in [0.1, 0.15) is 25.7 Å². The zero-order valence-corrected chi connectivity index (χ0v) is 8.80. The van der Waals surface area contributed by atoms with E-state index in [1.165, 1.54) is 25.9 Å². The average Bonchev–Trinajstić information content (AvgIpc) is 2.63. The van der Waals surface area contributed by atoms with E-state index >= 15 is 0 Å². The molecule has 0 atom stereocenters. The number of nitrogens with one attached hydrogen (secondary N) is 1. The molecule has 14 heavy (non-hydrogen) atoms. The molecule has 1 amide bonds. The first-order chi connectivity index (χ1) is 6.79. The first-order valence-corrected chi connectivity index (χ1v) is 5.50. The summed E-state index contributed by atoms with van der Waals surface area (Å²) in [4.78, 5) is 12.9. The average molecular weight is 199 g/mol. The molecular formula is C10H21N3O. The minimum Gasteiger partial charge on any atom is -0.370 e. The Kier molecular flexibility index (Phi) is 5.56. The lowest BCUT2D eigenvalue weighted by molar-refractivity contribution is -0.118. The van der Waals surface area contributed by atoms with E-state index in [1.807, 2.05) is 0 Å². The Balaban J connectivity index is 1.82. The van der Waals surface area contributed by atoms with Gasteiger partial charge in [0, 0.05) is 19.5 Å². The second-order valence-corrected chi connectivity index (χ2v) is 3.87. The van der Waals surface area contributed by atoms with Crippen molar-refractivity contribution >= 4 is 5.91 Å². The van der Waals surface area contributed by atoms with Gasteiger partial charge in [-0.1, -0.05) is 0 Å². The molecule has 0 bridgehead atoms. The lowest BCUT2D eigenvalue weighted by Crippen LogP contribution is -2.30. The quantitative estimate of drug-likeness (QED) is 0.565. The maximum absolute atomic E-state index is 10.4. The highest BCUT2D eigenvalue weighted by molar-refractivity contribution is 5.73. The predicted molar refractivity (Wildman–Crippen MR) is 57.0 cm³/mol. The van der Waals surface area contributed by atoms with Crippen molar-refractivity contribution in [2.45, 2.75) is 25.7 Å². The predicted octanol–water partition coefficient (Wildman–Crippen LogP) is -0.0627. The highest BCUT2D eigenvalue weighted by Crippen LogP contribution is 2.05. The van der Waals surface area contributed by atoms with E-state index in [0.29, 0.717) is 6.42 Å². The van der Waals surface area contributed by atoms with Gasteiger partial charge >= 0.3 is 0 Å². The maximum Gasteiger partial charge on any atom is 0.217 e. The second kappa shape index (κ2) is 6.79. The van der Waals surface area contributed by atoms with Crippen LogP contribution >= 0.6 is 0 Å². The van der Waals surface area contributed by atoms with Gasteiger partial charge in [-0.05, 0) is 38.9 Å². The summed E-state index contributed by atoms with van der Waals surface area (Å²) in [6.45, 7) is 5.57.